The van der Waals surface area contributed by atoms with Crippen LogP contribution in [-0.2, 0) is 4.79 Å². The second-order valence-corrected chi connectivity index (χ2v) is 9.04. The first-order chi connectivity index (χ1) is 11.5. The molecule has 1 aromatic rings. The van der Waals surface area contributed by atoms with Crippen molar-refractivity contribution in [1.82, 2.24) is 9.80 Å². The van der Waals surface area contributed by atoms with Gasteiger partial charge in [0, 0.05) is 30.7 Å². The molecule has 4 bridgehead atoms. The smallest absolute Gasteiger partial charge is 0.150 e. The Morgan fingerprint density at radius 1 is 0.958 bits per heavy atom. The molecular formula is C20H27BrN2O. The van der Waals surface area contributed by atoms with E-state index in [1.54, 1.807) is 0 Å². The highest BCUT2D eigenvalue weighted by Gasteiger charge is 2.64. The lowest BCUT2D eigenvalue weighted by Crippen LogP contribution is -2.76. The van der Waals surface area contributed by atoms with E-state index in [-0.39, 0.29) is 10.8 Å². The molecule has 0 unspecified atom stereocenters. The van der Waals surface area contributed by atoms with Crippen LogP contribution in [0.5, 0.6) is 0 Å². The van der Waals surface area contributed by atoms with Crippen LogP contribution in [-0.4, -0.2) is 41.8 Å². The second kappa shape index (κ2) is 5.93. The van der Waals surface area contributed by atoms with E-state index in [4.69, 9.17) is 0 Å². The van der Waals surface area contributed by atoms with Crippen LogP contribution in [0.1, 0.15) is 51.3 Å². The van der Waals surface area contributed by atoms with Crippen molar-refractivity contribution in [3.05, 3.63) is 34.3 Å². The molecule has 0 aromatic heterocycles. The number of benzene rings is 1. The lowest BCUT2D eigenvalue weighted by Gasteiger charge is -2.66. The molecule has 4 heteroatoms. The highest BCUT2D eigenvalue weighted by Crippen LogP contribution is 2.55. The quantitative estimate of drug-likeness (QED) is 0.751. The molecule has 24 heavy (non-hydrogen) atoms. The van der Waals surface area contributed by atoms with Gasteiger partial charge < -0.3 is 0 Å². The topological polar surface area (TPSA) is 23.6 Å². The van der Waals surface area contributed by atoms with Crippen molar-refractivity contribution < 1.29 is 4.79 Å². The third-order valence-electron chi connectivity index (χ3n) is 6.30. The van der Waals surface area contributed by atoms with Crippen LogP contribution in [0, 0.1) is 10.8 Å². The van der Waals surface area contributed by atoms with Crippen LogP contribution >= 0.6 is 15.9 Å². The molecule has 4 saturated heterocycles. The van der Waals surface area contributed by atoms with Gasteiger partial charge in [-0.25, -0.2) is 0 Å². The van der Waals surface area contributed by atoms with Crippen LogP contribution in [0.25, 0.3) is 0 Å². The summed E-state index contributed by atoms with van der Waals surface area (Å²) in [5.74, 6) is 0.584. The fraction of sp³-hybridized carbons (Fsp3) is 0.650. The summed E-state index contributed by atoms with van der Waals surface area (Å²) < 4.78 is 1.13. The molecule has 0 aliphatic carbocycles. The summed E-state index contributed by atoms with van der Waals surface area (Å²) in [6.07, 6.45) is 4.62. The third-order valence-corrected chi connectivity index (χ3v) is 6.83. The van der Waals surface area contributed by atoms with Crippen molar-refractivity contribution >= 4 is 21.7 Å². The predicted octanol–water partition coefficient (Wildman–Crippen LogP) is 4.23. The van der Waals surface area contributed by atoms with E-state index in [2.05, 4.69) is 63.8 Å². The van der Waals surface area contributed by atoms with Crippen LogP contribution in [0.15, 0.2) is 28.7 Å². The number of rotatable bonds is 5. The Balaban J connectivity index is 1.72. The van der Waals surface area contributed by atoms with Crippen molar-refractivity contribution in [2.75, 3.05) is 26.2 Å². The Kier molecular flexibility index (Phi) is 4.13. The Morgan fingerprint density at radius 3 is 1.83 bits per heavy atom. The molecule has 0 spiro atoms. The number of piperidine rings is 2. The lowest BCUT2D eigenvalue weighted by atomic mass is 9.57. The third kappa shape index (κ3) is 2.33. The molecule has 0 amide bonds. The SMILES string of the molecule is CCCC12CN3CC(CCC)(CN(C1)C3c1ccc(Br)cc1)C2=O. The van der Waals surface area contributed by atoms with Crippen molar-refractivity contribution in [2.24, 2.45) is 10.8 Å². The summed E-state index contributed by atoms with van der Waals surface area (Å²) in [5.41, 5.74) is 1.13. The first kappa shape index (κ1) is 16.7. The Bertz CT molecular complexity index is 598. The van der Waals surface area contributed by atoms with Gasteiger partial charge in [-0.15, -0.1) is 0 Å². The standard InChI is InChI=1S/C20H27BrN2O/c1-3-9-19-11-22-13-20(10-4-2,18(19)24)14-23(12-19)17(22)15-5-7-16(21)8-6-15/h5-8,17H,3-4,9-14H2,1-2H3. The van der Waals surface area contributed by atoms with Gasteiger partial charge in [-0.1, -0.05) is 54.8 Å². The average molecular weight is 391 g/mol. The maximum Gasteiger partial charge on any atom is 0.150 e. The van der Waals surface area contributed by atoms with Crippen molar-refractivity contribution in [1.29, 1.82) is 0 Å². The normalized spacial score (nSPS) is 40.3. The van der Waals surface area contributed by atoms with Crippen LogP contribution in [0.3, 0.4) is 0 Å². The molecule has 4 aliphatic heterocycles. The number of hydrogen-bond acceptors (Lipinski definition) is 3. The van der Waals surface area contributed by atoms with Gasteiger partial charge in [0.2, 0.25) is 0 Å². The van der Waals surface area contributed by atoms with Gasteiger partial charge >= 0.3 is 0 Å². The van der Waals surface area contributed by atoms with Gasteiger partial charge in [-0.3, -0.25) is 14.6 Å². The minimum absolute atomic E-state index is 0.119. The van der Waals surface area contributed by atoms with Crippen LogP contribution in [0.4, 0.5) is 0 Å². The first-order valence-electron chi connectivity index (χ1n) is 9.32. The fourth-order valence-electron chi connectivity index (χ4n) is 5.75. The molecule has 5 rings (SSSR count). The minimum atomic E-state index is -0.119. The fourth-order valence-corrected chi connectivity index (χ4v) is 6.01. The highest BCUT2D eigenvalue weighted by atomic mass is 79.9. The number of halogens is 1. The van der Waals surface area contributed by atoms with Gasteiger partial charge in [-0.2, -0.15) is 0 Å². The summed E-state index contributed by atoms with van der Waals surface area (Å²) in [5, 5.41) is 0. The molecule has 0 radical (unpaired) electrons. The molecule has 0 saturated carbocycles. The number of hydrogen-bond donors (Lipinski definition) is 0. The number of nitrogens with zero attached hydrogens (tertiary/aromatic N) is 2. The van der Waals surface area contributed by atoms with Crippen LogP contribution in [0.2, 0.25) is 0 Å². The number of carbonyl (C=O) groups excluding carboxylic acids is 1. The van der Waals surface area contributed by atoms with Gasteiger partial charge in [-0.05, 0) is 30.5 Å². The zero-order chi connectivity index (χ0) is 16.9. The van der Waals surface area contributed by atoms with E-state index in [1.165, 1.54) is 5.56 Å². The van der Waals surface area contributed by atoms with Gasteiger partial charge in [0.15, 0.2) is 0 Å². The Labute approximate surface area is 153 Å². The predicted molar refractivity (Wildman–Crippen MR) is 99.7 cm³/mol. The average Bonchev–Trinajstić information content (AvgIpc) is 2.54. The monoisotopic (exact) mass is 390 g/mol. The molecule has 1 aromatic carbocycles. The molecule has 0 atom stereocenters. The van der Waals surface area contributed by atoms with E-state index in [0.29, 0.717) is 11.9 Å². The summed E-state index contributed by atoms with van der Waals surface area (Å²) in [7, 11) is 0. The van der Waals surface area contributed by atoms with E-state index in [0.717, 1.165) is 56.3 Å². The molecule has 4 heterocycles. The van der Waals surface area contributed by atoms with Crippen molar-refractivity contribution in [2.45, 2.75) is 45.7 Å². The highest BCUT2D eigenvalue weighted by molar-refractivity contribution is 9.10. The van der Waals surface area contributed by atoms with Gasteiger partial charge in [0.05, 0.1) is 17.0 Å². The molecular weight excluding hydrogens is 364 g/mol. The van der Waals surface area contributed by atoms with Gasteiger partial charge in [0.25, 0.3) is 0 Å². The van der Waals surface area contributed by atoms with E-state index in [9.17, 15) is 4.79 Å². The minimum Gasteiger partial charge on any atom is -0.298 e. The van der Waals surface area contributed by atoms with Gasteiger partial charge in [0.1, 0.15) is 5.78 Å². The molecule has 130 valence electrons. The number of Topliss-reactive ketones (excluding diaryl/α,β-unsaturated/α-hetero) is 1. The summed E-state index contributed by atoms with van der Waals surface area (Å²) in [6.45, 7) is 8.22. The molecule has 3 nitrogen and oxygen atoms in total. The summed E-state index contributed by atoms with van der Waals surface area (Å²) >= 11 is 3.54. The summed E-state index contributed by atoms with van der Waals surface area (Å²) in [6, 6.07) is 8.74. The van der Waals surface area contributed by atoms with E-state index in [1.807, 2.05) is 0 Å². The lowest BCUT2D eigenvalue weighted by molar-refractivity contribution is -0.205. The molecule has 4 aliphatic rings. The zero-order valence-corrected chi connectivity index (χ0v) is 16.3. The van der Waals surface area contributed by atoms with Crippen molar-refractivity contribution in [3.63, 3.8) is 0 Å². The molecule has 4 fully saturated rings. The number of ketones is 1. The number of carbonyl (C=O) groups is 1. The second-order valence-electron chi connectivity index (χ2n) is 8.12. The largest absolute Gasteiger partial charge is 0.298 e. The first-order valence-corrected chi connectivity index (χ1v) is 10.1. The Morgan fingerprint density at radius 2 is 1.42 bits per heavy atom. The maximum absolute atomic E-state index is 13.4. The van der Waals surface area contributed by atoms with E-state index < -0.39 is 0 Å². The van der Waals surface area contributed by atoms with Crippen LogP contribution < -0.4 is 0 Å². The summed E-state index contributed by atoms with van der Waals surface area (Å²) in [4.78, 5) is 18.6. The van der Waals surface area contributed by atoms with E-state index >= 15 is 0 Å². The van der Waals surface area contributed by atoms with Crippen molar-refractivity contribution in [3.8, 4) is 0 Å². The Hall–Kier alpha value is -0.710. The maximum atomic E-state index is 13.4. The zero-order valence-electron chi connectivity index (χ0n) is 14.7. The molecule has 0 N–H and O–H groups in total.